The summed E-state index contributed by atoms with van der Waals surface area (Å²) in [5.74, 6) is -2.40. The van der Waals surface area contributed by atoms with E-state index in [1.165, 1.54) is 17.0 Å². The molecule has 1 aliphatic rings. The van der Waals surface area contributed by atoms with Crippen LogP contribution >= 0.6 is 0 Å². The predicted octanol–water partition coefficient (Wildman–Crippen LogP) is 3.85. The lowest BCUT2D eigenvalue weighted by Gasteiger charge is -2.16. The molecule has 4 rings (SSSR count). The second-order valence-corrected chi connectivity index (χ2v) is 8.03. The van der Waals surface area contributed by atoms with Gasteiger partial charge in [-0.2, -0.15) is 0 Å². The lowest BCUT2D eigenvalue weighted by Crippen LogP contribution is -2.36. The summed E-state index contributed by atoms with van der Waals surface area (Å²) in [6.45, 7) is -0.363. The molecular weight excluding hydrogens is 464 g/mol. The number of ether oxygens (including phenoxy) is 1. The molecule has 0 aromatic heterocycles. The number of imide groups is 1. The van der Waals surface area contributed by atoms with Gasteiger partial charge in [-0.3, -0.25) is 14.5 Å². The lowest BCUT2D eigenvalue weighted by atomic mass is 10.1. The Morgan fingerprint density at radius 2 is 1.47 bits per heavy atom. The predicted molar refractivity (Wildman–Crippen MR) is 129 cm³/mol. The first-order valence-corrected chi connectivity index (χ1v) is 11.0. The molecule has 9 heteroatoms. The molecule has 9 nitrogen and oxygen atoms in total. The summed E-state index contributed by atoms with van der Waals surface area (Å²) in [5, 5.41) is 18.1. The van der Waals surface area contributed by atoms with E-state index in [-0.39, 0.29) is 24.4 Å². The van der Waals surface area contributed by atoms with E-state index in [4.69, 9.17) is 14.9 Å². The molecule has 1 saturated heterocycles. The number of hydrogen-bond donors (Lipinski definition) is 2. The number of urea groups is 1. The monoisotopic (exact) mass is 486 g/mol. The van der Waals surface area contributed by atoms with E-state index in [2.05, 4.69) is 0 Å². The highest BCUT2D eigenvalue weighted by molar-refractivity contribution is 6.15. The number of nitrogens with zero attached hydrogens (tertiary/aromatic N) is 2. The molecule has 0 aliphatic carbocycles. The maximum Gasteiger partial charge on any atom is 0.335 e. The van der Waals surface area contributed by atoms with E-state index in [0.717, 1.165) is 11.1 Å². The summed E-state index contributed by atoms with van der Waals surface area (Å²) in [5.41, 5.74) is 2.49. The molecule has 3 aromatic rings. The van der Waals surface area contributed by atoms with Crippen molar-refractivity contribution in [3.63, 3.8) is 0 Å². The fourth-order valence-electron chi connectivity index (χ4n) is 3.65. The summed E-state index contributed by atoms with van der Waals surface area (Å²) in [6, 6.07) is 21.6. The Balaban J connectivity index is 1.51. The normalized spacial score (nSPS) is 14.4. The van der Waals surface area contributed by atoms with E-state index in [0.29, 0.717) is 16.2 Å². The third-order valence-corrected chi connectivity index (χ3v) is 5.48. The van der Waals surface area contributed by atoms with Gasteiger partial charge in [0.25, 0.3) is 5.91 Å². The van der Waals surface area contributed by atoms with Crippen LogP contribution in [0.25, 0.3) is 6.08 Å². The van der Waals surface area contributed by atoms with Gasteiger partial charge in [-0.1, -0.05) is 54.6 Å². The minimum absolute atomic E-state index is 0.0808. The van der Waals surface area contributed by atoms with Crippen LogP contribution in [0.4, 0.5) is 4.79 Å². The van der Waals surface area contributed by atoms with Gasteiger partial charge in [-0.15, -0.1) is 0 Å². The Hall–Kier alpha value is -4.92. The molecule has 0 radical (unpaired) electrons. The second kappa shape index (κ2) is 10.6. The highest BCUT2D eigenvalue weighted by Gasteiger charge is 2.41. The first-order valence-electron chi connectivity index (χ1n) is 11.0. The van der Waals surface area contributed by atoms with Gasteiger partial charge < -0.3 is 14.9 Å². The van der Waals surface area contributed by atoms with Crippen molar-refractivity contribution < 1.29 is 34.1 Å². The fourth-order valence-corrected chi connectivity index (χ4v) is 3.65. The molecule has 3 amide bonds. The van der Waals surface area contributed by atoms with Crippen molar-refractivity contribution in [2.24, 2.45) is 0 Å². The Morgan fingerprint density at radius 1 is 0.806 bits per heavy atom. The summed E-state index contributed by atoms with van der Waals surface area (Å²) < 4.78 is 5.74. The third-order valence-electron chi connectivity index (χ3n) is 5.48. The second-order valence-electron chi connectivity index (χ2n) is 8.03. The zero-order chi connectivity index (χ0) is 25.7. The van der Waals surface area contributed by atoms with Crippen molar-refractivity contribution in [3.8, 4) is 5.75 Å². The Bertz CT molecular complexity index is 1320. The maximum atomic E-state index is 12.9. The smallest absolute Gasteiger partial charge is 0.335 e. The van der Waals surface area contributed by atoms with Gasteiger partial charge in [-0.05, 0) is 47.0 Å². The highest BCUT2D eigenvalue weighted by atomic mass is 16.5. The van der Waals surface area contributed by atoms with Crippen LogP contribution in [0.3, 0.4) is 0 Å². The van der Waals surface area contributed by atoms with Crippen LogP contribution in [-0.4, -0.2) is 50.4 Å². The molecule has 0 bridgehead atoms. The van der Waals surface area contributed by atoms with Crippen LogP contribution < -0.4 is 4.74 Å². The molecule has 1 heterocycles. The van der Waals surface area contributed by atoms with Gasteiger partial charge in [0.2, 0.25) is 0 Å². The minimum atomic E-state index is -1.28. The van der Waals surface area contributed by atoms with E-state index >= 15 is 0 Å². The summed E-state index contributed by atoms with van der Waals surface area (Å²) >= 11 is 0. The maximum absolute atomic E-state index is 12.9. The molecular formula is C27H22N2O7. The minimum Gasteiger partial charge on any atom is -0.489 e. The third kappa shape index (κ3) is 5.58. The van der Waals surface area contributed by atoms with Crippen molar-refractivity contribution in [1.82, 2.24) is 9.80 Å². The standard InChI is InChI=1S/C27H22N2O7/c30-24(31)16-29-25(32)23(28(27(29)35)15-19-4-2-1-3-5-19)14-18-8-12-22(13-9-18)36-17-20-6-10-21(11-7-20)26(33)34/h1-14H,15-17H2,(H,30,31)(H,33,34)/b23-14+. The number of aromatic carboxylic acids is 1. The number of carbonyl (C=O) groups excluding carboxylic acids is 2. The summed E-state index contributed by atoms with van der Waals surface area (Å²) in [4.78, 5) is 49.9. The molecule has 0 unspecified atom stereocenters. The average Bonchev–Trinajstić information content (AvgIpc) is 3.08. The van der Waals surface area contributed by atoms with Crippen LogP contribution in [0, 0.1) is 0 Å². The molecule has 0 atom stereocenters. The molecule has 36 heavy (non-hydrogen) atoms. The number of hydrogen-bond acceptors (Lipinski definition) is 5. The van der Waals surface area contributed by atoms with Gasteiger partial charge in [0.15, 0.2) is 0 Å². The lowest BCUT2D eigenvalue weighted by molar-refractivity contribution is -0.140. The number of amides is 3. The van der Waals surface area contributed by atoms with Gasteiger partial charge in [0.1, 0.15) is 24.6 Å². The van der Waals surface area contributed by atoms with E-state index in [9.17, 15) is 19.2 Å². The van der Waals surface area contributed by atoms with Gasteiger partial charge in [0, 0.05) is 0 Å². The summed E-state index contributed by atoms with van der Waals surface area (Å²) in [6.07, 6.45) is 1.54. The Kier molecular flexibility index (Phi) is 7.10. The molecule has 1 aliphatic heterocycles. The molecule has 0 spiro atoms. The SMILES string of the molecule is O=C(O)CN1C(=O)/C(=C\c2ccc(OCc3ccc(C(=O)O)cc3)cc2)N(Cc2ccccc2)C1=O. The van der Waals surface area contributed by atoms with Crippen LogP contribution in [0.2, 0.25) is 0 Å². The first-order chi connectivity index (χ1) is 17.3. The molecule has 182 valence electrons. The number of benzene rings is 3. The number of aliphatic carboxylic acids is 1. The van der Waals surface area contributed by atoms with Crippen molar-refractivity contribution in [3.05, 3.63) is 107 Å². The van der Waals surface area contributed by atoms with E-state index < -0.39 is 30.4 Å². The van der Waals surface area contributed by atoms with Crippen LogP contribution in [0.1, 0.15) is 27.0 Å². The molecule has 2 N–H and O–H groups in total. The van der Waals surface area contributed by atoms with Crippen LogP contribution in [0.5, 0.6) is 5.75 Å². The summed E-state index contributed by atoms with van der Waals surface area (Å²) in [7, 11) is 0. The van der Waals surface area contributed by atoms with Gasteiger partial charge in [-0.25, -0.2) is 14.5 Å². The van der Waals surface area contributed by atoms with Gasteiger partial charge >= 0.3 is 18.0 Å². The van der Waals surface area contributed by atoms with Crippen molar-refractivity contribution in [1.29, 1.82) is 0 Å². The Morgan fingerprint density at radius 3 is 2.08 bits per heavy atom. The average molecular weight is 486 g/mol. The Labute approximate surface area is 206 Å². The van der Waals surface area contributed by atoms with Crippen LogP contribution in [-0.2, 0) is 22.7 Å². The highest BCUT2D eigenvalue weighted by Crippen LogP contribution is 2.26. The number of carboxylic acids is 2. The van der Waals surface area contributed by atoms with Crippen molar-refractivity contribution in [2.75, 3.05) is 6.54 Å². The van der Waals surface area contributed by atoms with E-state index in [1.54, 1.807) is 42.5 Å². The number of carbonyl (C=O) groups is 4. The van der Waals surface area contributed by atoms with Gasteiger partial charge in [0.05, 0.1) is 12.1 Å². The zero-order valence-electron chi connectivity index (χ0n) is 19.0. The topological polar surface area (TPSA) is 124 Å². The molecule has 1 fully saturated rings. The quantitative estimate of drug-likeness (QED) is 0.348. The molecule has 3 aromatic carbocycles. The van der Waals surface area contributed by atoms with Crippen LogP contribution in [0.15, 0.2) is 84.6 Å². The number of rotatable bonds is 9. The molecule has 0 saturated carbocycles. The first kappa shape index (κ1) is 24.2. The largest absolute Gasteiger partial charge is 0.489 e. The fraction of sp³-hybridized carbons (Fsp3) is 0.111. The van der Waals surface area contributed by atoms with E-state index in [1.807, 2.05) is 30.3 Å². The van der Waals surface area contributed by atoms with Crippen molar-refractivity contribution in [2.45, 2.75) is 13.2 Å². The number of carboxylic acid groups (broad SMARTS) is 2. The zero-order valence-corrected chi connectivity index (χ0v) is 19.0. The van der Waals surface area contributed by atoms with Crippen molar-refractivity contribution >= 4 is 30.0 Å².